The summed E-state index contributed by atoms with van der Waals surface area (Å²) in [6.45, 7) is 1.81. The standard InChI is InChI=1S/C9H11Cl2N5/c1-4-2-5(3-6(10)7(4)11)15-9(14)16-8(12)13/h2-3H,1H3,(H6,12,13,14,15,16). The summed E-state index contributed by atoms with van der Waals surface area (Å²) in [5.41, 5.74) is 17.1. The van der Waals surface area contributed by atoms with Gasteiger partial charge >= 0.3 is 0 Å². The van der Waals surface area contributed by atoms with Crippen LogP contribution in [0.3, 0.4) is 0 Å². The molecular weight excluding hydrogens is 249 g/mol. The van der Waals surface area contributed by atoms with Crippen LogP contribution in [0.2, 0.25) is 10.0 Å². The summed E-state index contributed by atoms with van der Waals surface area (Å²) in [6, 6.07) is 3.30. The first kappa shape index (κ1) is 12.6. The average molecular weight is 260 g/mol. The summed E-state index contributed by atoms with van der Waals surface area (Å²) in [5.74, 6) is -0.198. The molecule has 0 aliphatic heterocycles. The first-order chi connectivity index (χ1) is 7.40. The van der Waals surface area contributed by atoms with Gasteiger partial charge in [-0.3, -0.25) is 0 Å². The number of aryl methyl sites for hydroxylation is 1. The average Bonchev–Trinajstić information content (AvgIpc) is 2.12. The lowest BCUT2D eigenvalue weighted by Crippen LogP contribution is -2.26. The fourth-order valence-corrected chi connectivity index (χ4v) is 1.43. The van der Waals surface area contributed by atoms with E-state index in [1.807, 2.05) is 6.92 Å². The van der Waals surface area contributed by atoms with Gasteiger partial charge in [0.05, 0.1) is 15.7 Å². The van der Waals surface area contributed by atoms with Gasteiger partial charge in [0.1, 0.15) is 0 Å². The van der Waals surface area contributed by atoms with Crippen molar-refractivity contribution in [2.45, 2.75) is 6.92 Å². The molecule has 0 bridgehead atoms. The van der Waals surface area contributed by atoms with Crippen LogP contribution < -0.4 is 17.2 Å². The van der Waals surface area contributed by atoms with Gasteiger partial charge in [-0.05, 0) is 24.6 Å². The molecule has 1 aromatic carbocycles. The minimum absolute atomic E-state index is 0.0437. The Morgan fingerprint density at radius 3 is 2.31 bits per heavy atom. The fraction of sp³-hybridized carbons (Fsp3) is 0.111. The number of nitrogens with zero attached hydrogens (tertiary/aromatic N) is 2. The van der Waals surface area contributed by atoms with Gasteiger partial charge in [0, 0.05) is 0 Å². The molecule has 0 spiro atoms. The summed E-state index contributed by atoms with van der Waals surface area (Å²) in [4.78, 5) is 7.54. The van der Waals surface area contributed by atoms with Crippen LogP contribution in [0.4, 0.5) is 5.69 Å². The normalized spacial score (nSPS) is 11.3. The molecule has 5 nitrogen and oxygen atoms in total. The van der Waals surface area contributed by atoms with Gasteiger partial charge in [-0.1, -0.05) is 23.2 Å². The zero-order chi connectivity index (χ0) is 12.3. The molecule has 0 aliphatic rings. The molecule has 7 heteroatoms. The molecule has 0 aromatic heterocycles. The first-order valence-electron chi connectivity index (χ1n) is 4.29. The molecule has 1 aromatic rings. The van der Waals surface area contributed by atoms with E-state index in [0.29, 0.717) is 15.7 Å². The summed E-state index contributed by atoms with van der Waals surface area (Å²) in [7, 11) is 0. The van der Waals surface area contributed by atoms with Crippen molar-refractivity contribution in [3.05, 3.63) is 27.7 Å². The summed E-state index contributed by atoms with van der Waals surface area (Å²) < 4.78 is 0. The SMILES string of the molecule is Cc1cc(N=C(N)N=C(N)N)cc(Cl)c1Cl. The quantitative estimate of drug-likeness (QED) is 0.526. The van der Waals surface area contributed by atoms with E-state index < -0.39 is 0 Å². The molecule has 0 saturated heterocycles. The minimum Gasteiger partial charge on any atom is -0.370 e. The van der Waals surface area contributed by atoms with Gasteiger partial charge < -0.3 is 17.2 Å². The Bertz CT molecular complexity index is 440. The number of nitrogens with two attached hydrogens (primary N) is 3. The highest BCUT2D eigenvalue weighted by Gasteiger charge is 2.03. The highest BCUT2D eigenvalue weighted by Crippen LogP contribution is 2.30. The monoisotopic (exact) mass is 259 g/mol. The third-order valence-corrected chi connectivity index (χ3v) is 2.58. The van der Waals surface area contributed by atoms with E-state index in [1.165, 1.54) is 0 Å². The van der Waals surface area contributed by atoms with Crippen LogP contribution in [0, 0.1) is 6.92 Å². The van der Waals surface area contributed by atoms with Gasteiger partial charge in [0.2, 0.25) is 5.96 Å². The van der Waals surface area contributed by atoms with Gasteiger partial charge in [-0.25, -0.2) is 4.99 Å². The lowest BCUT2D eigenvalue weighted by molar-refractivity contribution is 1.36. The second-order valence-corrected chi connectivity index (χ2v) is 3.85. The summed E-state index contributed by atoms with van der Waals surface area (Å²) in [6.07, 6.45) is 0. The topological polar surface area (TPSA) is 103 Å². The molecular formula is C9H11Cl2N5. The molecule has 0 aliphatic carbocycles. The van der Waals surface area contributed by atoms with Gasteiger partial charge in [-0.15, -0.1) is 0 Å². The van der Waals surface area contributed by atoms with Crippen LogP contribution in [0.25, 0.3) is 0 Å². The van der Waals surface area contributed by atoms with E-state index in [1.54, 1.807) is 12.1 Å². The van der Waals surface area contributed by atoms with Crippen LogP contribution in [-0.4, -0.2) is 11.9 Å². The van der Waals surface area contributed by atoms with Crippen molar-refractivity contribution < 1.29 is 0 Å². The van der Waals surface area contributed by atoms with Crippen molar-refractivity contribution in [2.75, 3.05) is 0 Å². The van der Waals surface area contributed by atoms with Crippen molar-refractivity contribution in [1.82, 2.24) is 0 Å². The Labute approximate surface area is 103 Å². The predicted octanol–water partition coefficient (Wildman–Crippen LogP) is 1.52. The van der Waals surface area contributed by atoms with Gasteiger partial charge in [-0.2, -0.15) is 4.99 Å². The minimum atomic E-state index is -0.155. The number of guanidine groups is 2. The Kier molecular flexibility index (Phi) is 3.98. The van der Waals surface area contributed by atoms with E-state index in [9.17, 15) is 0 Å². The number of hydrogen-bond donors (Lipinski definition) is 3. The molecule has 0 amide bonds. The maximum atomic E-state index is 5.89. The molecule has 0 saturated carbocycles. The zero-order valence-electron chi connectivity index (χ0n) is 8.54. The Balaban J connectivity index is 3.12. The molecule has 1 rings (SSSR count). The fourth-order valence-electron chi connectivity index (χ4n) is 1.06. The lowest BCUT2D eigenvalue weighted by atomic mass is 10.2. The van der Waals surface area contributed by atoms with Crippen molar-refractivity contribution in [2.24, 2.45) is 27.2 Å². The van der Waals surface area contributed by atoms with Gasteiger partial charge in [0.15, 0.2) is 5.96 Å². The summed E-state index contributed by atoms with van der Waals surface area (Å²) >= 11 is 11.8. The highest BCUT2D eigenvalue weighted by atomic mass is 35.5. The van der Waals surface area contributed by atoms with Crippen molar-refractivity contribution in [1.29, 1.82) is 0 Å². The summed E-state index contributed by atoms with van der Waals surface area (Å²) in [5, 5.41) is 0.888. The van der Waals surface area contributed by atoms with Gasteiger partial charge in [0.25, 0.3) is 0 Å². The highest BCUT2D eigenvalue weighted by molar-refractivity contribution is 6.42. The molecule has 16 heavy (non-hydrogen) atoms. The van der Waals surface area contributed by atoms with Crippen LogP contribution in [-0.2, 0) is 0 Å². The Hall–Kier alpha value is -1.46. The number of halogens is 2. The molecule has 0 atom stereocenters. The van der Waals surface area contributed by atoms with Crippen LogP contribution in [0.1, 0.15) is 5.56 Å². The van der Waals surface area contributed by atoms with Crippen molar-refractivity contribution in [3.63, 3.8) is 0 Å². The maximum absolute atomic E-state index is 5.89. The van der Waals surface area contributed by atoms with Crippen molar-refractivity contribution >= 4 is 40.8 Å². The number of rotatable bonds is 1. The van der Waals surface area contributed by atoms with E-state index >= 15 is 0 Å². The largest absolute Gasteiger partial charge is 0.370 e. The maximum Gasteiger partial charge on any atom is 0.223 e. The van der Waals surface area contributed by atoms with E-state index in [2.05, 4.69) is 9.98 Å². The van der Waals surface area contributed by atoms with Crippen LogP contribution in [0.5, 0.6) is 0 Å². The van der Waals surface area contributed by atoms with E-state index in [-0.39, 0.29) is 11.9 Å². The van der Waals surface area contributed by atoms with E-state index in [4.69, 9.17) is 40.4 Å². The second kappa shape index (κ2) is 5.05. The third kappa shape index (κ3) is 3.29. The number of benzene rings is 1. The zero-order valence-corrected chi connectivity index (χ0v) is 10.0. The molecule has 0 unspecified atom stereocenters. The molecule has 0 heterocycles. The lowest BCUT2D eigenvalue weighted by Gasteiger charge is -2.02. The number of aliphatic imine (C=N–C) groups is 2. The predicted molar refractivity (Wildman–Crippen MR) is 68.3 cm³/mol. The smallest absolute Gasteiger partial charge is 0.223 e. The van der Waals surface area contributed by atoms with E-state index in [0.717, 1.165) is 5.56 Å². The molecule has 6 N–H and O–H groups in total. The molecule has 86 valence electrons. The number of hydrogen-bond acceptors (Lipinski definition) is 1. The van der Waals surface area contributed by atoms with Crippen LogP contribution >= 0.6 is 23.2 Å². The third-order valence-electron chi connectivity index (χ3n) is 1.68. The van der Waals surface area contributed by atoms with Crippen molar-refractivity contribution in [3.8, 4) is 0 Å². The Morgan fingerprint density at radius 1 is 1.19 bits per heavy atom. The second-order valence-electron chi connectivity index (χ2n) is 3.07. The molecule has 0 fully saturated rings. The van der Waals surface area contributed by atoms with Crippen LogP contribution in [0.15, 0.2) is 22.1 Å². The molecule has 0 radical (unpaired) electrons. The Morgan fingerprint density at radius 2 is 1.81 bits per heavy atom. The first-order valence-corrected chi connectivity index (χ1v) is 5.05.